The molecule has 5 nitrogen and oxygen atoms in total. The van der Waals surface area contributed by atoms with Crippen molar-refractivity contribution >= 4 is 17.5 Å². The molecule has 1 aromatic heterocycles. The zero-order valence-electron chi connectivity index (χ0n) is 13.0. The molecule has 1 unspecified atom stereocenters. The van der Waals surface area contributed by atoms with E-state index in [0.717, 1.165) is 18.7 Å². The van der Waals surface area contributed by atoms with Crippen LogP contribution in [0.4, 0.5) is 4.39 Å². The Morgan fingerprint density at radius 3 is 2.75 bits per heavy atom. The van der Waals surface area contributed by atoms with E-state index < -0.39 is 0 Å². The predicted molar refractivity (Wildman–Crippen MR) is 87.6 cm³/mol. The number of nitrogens with zero attached hydrogens (tertiary/aromatic N) is 1. The highest BCUT2D eigenvalue weighted by Crippen LogP contribution is 2.22. The van der Waals surface area contributed by atoms with Crippen molar-refractivity contribution < 1.29 is 18.3 Å². The van der Waals surface area contributed by atoms with E-state index >= 15 is 0 Å². The lowest BCUT2D eigenvalue weighted by Crippen LogP contribution is -2.43. The van der Waals surface area contributed by atoms with Crippen LogP contribution in [0.15, 0.2) is 40.8 Å². The van der Waals surface area contributed by atoms with Gasteiger partial charge in [0.15, 0.2) is 11.0 Å². The number of halogens is 2. The Morgan fingerprint density at radius 2 is 2.08 bits per heavy atom. The van der Waals surface area contributed by atoms with Gasteiger partial charge in [-0.05, 0) is 41.4 Å². The van der Waals surface area contributed by atoms with Crippen LogP contribution in [0.5, 0.6) is 0 Å². The highest BCUT2D eigenvalue weighted by molar-refractivity contribution is 6.29. The van der Waals surface area contributed by atoms with E-state index in [-0.39, 0.29) is 28.7 Å². The molecule has 0 aliphatic carbocycles. The maximum Gasteiger partial charge on any atom is 0.287 e. The van der Waals surface area contributed by atoms with Gasteiger partial charge in [-0.15, -0.1) is 0 Å². The first kappa shape index (κ1) is 17.0. The number of benzene rings is 1. The summed E-state index contributed by atoms with van der Waals surface area (Å²) in [4.78, 5) is 14.3. The number of carbonyl (C=O) groups excluding carboxylic acids is 1. The zero-order chi connectivity index (χ0) is 16.9. The van der Waals surface area contributed by atoms with Crippen LogP contribution in [0.1, 0.15) is 22.2 Å². The fourth-order valence-corrected chi connectivity index (χ4v) is 2.92. The van der Waals surface area contributed by atoms with Gasteiger partial charge in [-0.25, -0.2) is 4.39 Å². The van der Waals surface area contributed by atoms with Crippen LogP contribution in [0.25, 0.3) is 0 Å². The first-order chi connectivity index (χ1) is 11.6. The third-order valence-corrected chi connectivity index (χ3v) is 4.18. The van der Waals surface area contributed by atoms with E-state index in [1.54, 1.807) is 6.07 Å². The Kier molecular flexibility index (Phi) is 5.50. The van der Waals surface area contributed by atoms with Crippen molar-refractivity contribution in [3.05, 3.63) is 58.8 Å². The zero-order valence-corrected chi connectivity index (χ0v) is 13.8. The van der Waals surface area contributed by atoms with E-state index in [1.807, 2.05) is 6.07 Å². The second-order valence-electron chi connectivity index (χ2n) is 5.53. The maximum absolute atomic E-state index is 13.6. The number of rotatable bonds is 5. The molecule has 1 N–H and O–H groups in total. The second-order valence-corrected chi connectivity index (χ2v) is 5.91. The van der Waals surface area contributed by atoms with E-state index in [2.05, 4.69) is 10.2 Å². The summed E-state index contributed by atoms with van der Waals surface area (Å²) >= 11 is 5.69. The molecule has 128 valence electrons. The lowest BCUT2D eigenvalue weighted by molar-refractivity contribution is 0.0161. The van der Waals surface area contributed by atoms with Crippen molar-refractivity contribution in [2.24, 2.45) is 0 Å². The molecule has 1 aliphatic heterocycles. The molecule has 0 spiro atoms. The first-order valence-electron chi connectivity index (χ1n) is 7.74. The summed E-state index contributed by atoms with van der Waals surface area (Å²) in [5.41, 5.74) is 0.815. The highest BCUT2D eigenvalue weighted by Gasteiger charge is 2.24. The van der Waals surface area contributed by atoms with Crippen LogP contribution in [-0.4, -0.2) is 43.7 Å². The molecular weight excluding hydrogens is 335 g/mol. The Labute approximate surface area is 144 Å². The Balaban J connectivity index is 1.73. The summed E-state index contributed by atoms with van der Waals surface area (Å²) in [7, 11) is 0. The van der Waals surface area contributed by atoms with Gasteiger partial charge < -0.3 is 14.5 Å². The number of nitrogens with one attached hydrogen (secondary N) is 1. The van der Waals surface area contributed by atoms with Gasteiger partial charge in [0.25, 0.3) is 5.91 Å². The summed E-state index contributed by atoms with van der Waals surface area (Å²) in [5, 5.41) is 2.99. The number of hydrogen-bond donors (Lipinski definition) is 1. The fraction of sp³-hybridized carbons (Fsp3) is 0.353. The fourth-order valence-electron chi connectivity index (χ4n) is 2.77. The minimum atomic E-state index is -0.350. The molecule has 0 radical (unpaired) electrons. The summed E-state index contributed by atoms with van der Waals surface area (Å²) < 4.78 is 24.1. The van der Waals surface area contributed by atoms with Crippen LogP contribution in [0, 0.1) is 5.82 Å². The lowest BCUT2D eigenvalue weighted by atomic mass is 10.0. The van der Waals surface area contributed by atoms with Gasteiger partial charge in [0, 0.05) is 19.6 Å². The second kappa shape index (κ2) is 7.79. The standard InChI is InChI=1S/C17H18ClFN2O3/c18-16-5-4-15(24-16)17(22)20-11-14(21-6-8-23-9-7-21)12-2-1-3-13(19)10-12/h1-5,10,14H,6-9,11H2,(H,20,22). The van der Waals surface area contributed by atoms with Crippen LogP contribution in [-0.2, 0) is 4.74 Å². The molecular formula is C17H18ClFN2O3. The molecule has 0 saturated carbocycles. The molecule has 3 rings (SSSR count). The molecule has 1 atom stereocenters. The van der Waals surface area contributed by atoms with Crippen LogP contribution < -0.4 is 5.32 Å². The number of morpholine rings is 1. The number of hydrogen-bond acceptors (Lipinski definition) is 4. The smallest absolute Gasteiger partial charge is 0.287 e. The third-order valence-electron chi connectivity index (χ3n) is 3.97. The van der Waals surface area contributed by atoms with E-state index in [9.17, 15) is 9.18 Å². The summed E-state index contributed by atoms with van der Waals surface area (Å²) in [6.07, 6.45) is 0. The molecule has 1 fully saturated rings. The first-order valence-corrected chi connectivity index (χ1v) is 8.12. The van der Waals surface area contributed by atoms with Crippen LogP contribution in [0.3, 0.4) is 0 Å². The average molecular weight is 353 g/mol. The molecule has 1 aliphatic rings. The molecule has 2 heterocycles. The minimum absolute atomic E-state index is 0.140. The predicted octanol–water partition coefficient (Wildman–Crippen LogP) is 2.88. The van der Waals surface area contributed by atoms with Crippen LogP contribution >= 0.6 is 11.6 Å². The van der Waals surface area contributed by atoms with Crippen molar-refractivity contribution in [1.29, 1.82) is 0 Å². The van der Waals surface area contributed by atoms with Gasteiger partial charge in [0.05, 0.1) is 19.3 Å². The van der Waals surface area contributed by atoms with Gasteiger partial charge in [-0.1, -0.05) is 12.1 Å². The van der Waals surface area contributed by atoms with Crippen molar-refractivity contribution in [2.45, 2.75) is 6.04 Å². The number of ether oxygens (including phenoxy) is 1. The summed E-state index contributed by atoms with van der Waals surface area (Å²) in [6, 6.07) is 9.33. The molecule has 1 aromatic carbocycles. The normalized spacial score (nSPS) is 16.8. The Bertz CT molecular complexity index is 701. The lowest BCUT2D eigenvalue weighted by Gasteiger charge is -2.34. The van der Waals surface area contributed by atoms with Gasteiger partial charge in [-0.3, -0.25) is 9.69 Å². The Hall–Kier alpha value is -1.89. The SMILES string of the molecule is O=C(NCC(c1cccc(F)c1)N1CCOCC1)c1ccc(Cl)o1. The molecule has 1 amide bonds. The Morgan fingerprint density at radius 1 is 1.29 bits per heavy atom. The van der Waals surface area contributed by atoms with Crippen molar-refractivity contribution in [1.82, 2.24) is 10.2 Å². The molecule has 24 heavy (non-hydrogen) atoms. The van der Waals surface area contributed by atoms with Crippen LogP contribution in [0.2, 0.25) is 5.22 Å². The number of furan rings is 1. The quantitative estimate of drug-likeness (QED) is 0.899. The topological polar surface area (TPSA) is 54.7 Å². The average Bonchev–Trinajstić information content (AvgIpc) is 3.02. The molecule has 1 saturated heterocycles. The van der Waals surface area contributed by atoms with E-state index in [4.69, 9.17) is 20.8 Å². The molecule has 0 bridgehead atoms. The van der Waals surface area contributed by atoms with Gasteiger partial charge in [0.1, 0.15) is 5.82 Å². The maximum atomic E-state index is 13.6. The highest BCUT2D eigenvalue weighted by atomic mass is 35.5. The monoisotopic (exact) mass is 352 g/mol. The summed E-state index contributed by atoms with van der Waals surface area (Å²) in [6.45, 7) is 3.02. The largest absolute Gasteiger partial charge is 0.440 e. The van der Waals surface area contributed by atoms with E-state index in [1.165, 1.54) is 24.3 Å². The van der Waals surface area contributed by atoms with Gasteiger partial charge in [0.2, 0.25) is 0 Å². The summed E-state index contributed by atoms with van der Waals surface area (Å²) in [5.74, 6) is -0.494. The van der Waals surface area contributed by atoms with Crippen molar-refractivity contribution in [3.63, 3.8) is 0 Å². The number of amides is 1. The van der Waals surface area contributed by atoms with Crippen molar-refractivity contribution in [2.75, 3.05) is 32.8 Å². The van der Waals surface area contributed by atoms with E-state index in [0.29, 0.717) is 19.8 Å². The minimum Gasteiger partial charge on any atom is -0.440 e. The number of carbonyl (C=O) groups is 1. The molecule has 7 heteroatoms. The van der Waals surface area contributed by atoms with Gasteiger partial charge in [-0.2, -0.15) is 0 Å². The molecule has 2 aromatic rings. The van der Waals surface area contributed by atoms with Crippen molar-refractivity contribution in [3.8, 4) is 0 Å². The van der Waals surface area contributed by atoms with Gasteiger partial charge >= 0.3 is 0 Å². The third kappa shape index (κ3) is 4.14.